The molecular formula is C19H21N3O4S. The highest BCUT2D eigenvalue weighted by Gasteiger charge is 2.22. The van der Waals surface area contributed by atoms with Gasteiger partial charge in [-0.1, -0.05) is 18.2 Å². The number of sulfone groups is 1. The fourth-order valence-corrected chi connectivity index (χ4v) is 3.84. The summed E-state index contributed by atoms with van der Waals surface area (Å²) < 4.78 is 35.9. The van der Waals surface area contributed by atoms with E-state index in [2.05, 4.69) is 15.2 Å². The molecule has 0 amide bonds. The molecule has 3 aromatic rings. The molecule has 3 rings (SSSR count). The van der Waals surface area contributed by atoms with Crippen molar-refractivity contribution < 1.29 is 17.9 Å². The number of rotatable bonds is 6. The predicted octanol–water partition coefficient (Wildman–Crippen LogP) is 3.08. The lowest BCUT2D eigenvalue weighted by atomic mass is 10.1. The van der Waals surface area contributed by atoms with Crippen LogP contribution in [0.25, 0.3) is 11.4 Å². The number of aromatic amines is 1. The molecule has 2 aromatic carbocycles. The largest absolute Gasteiger partial charge is 0.497 e. The van der Waals surface area contributed by atoms with E-state index >= 15 is 0 Å². The van der Waals surface area contributed by atoms with E-state index in [0.29, 0.717) is 22.6 Å². The third-order valence-corrected chi connectivity index (χ3v) is 5.82. The fraction of sp³-hybridized carbons (Fsp3) is 0.263. The first-order valence-electron chi connectivity index (χ1n) is 8.27. The fourth-order valence-electron chi connectivity index (χ4n) is 2.67. The normalized spacial score (nSPS) is 11.4. The molecular weight excluding hydrogens is 366 g/mol. The van der Waals surface area contributed by atoms with Gasteiger partial charge in [-0.15, -0.1) is 0 Å². The molecule has 1 N–H and O–H groups in total. The highest BCUT2D eigenvalue weighted by Crippen LogP contribution is 2.31. The van der Waals surface area contributed by atoms with Crippen LogP contribution in [0.1, 0.15) is 16.7 Å². The molecule has 0 saturated heterocycles. The molecule has 0 fully saturated rings. The zero-order chi connectivity index (χ0) is 19.6. The van der Waals surface area contributed by atoms with Crippen molar-refractivity contribution in [2.45, 2.75) is 24.8 Å². The van der Waals surface area contributed by atoms with Gasteiger partial charge in [0.1, 0.15) is 11.5 Å². The van der Waals surface area contributed by atoms with Crippen molar-refractivity contribution in [2.75, 3.05) is 14.2 Å². The number of nitrogens with one attached hydrogen (secondary N) is 1. The maximum absolute atomic E-state index is 12.7. The van der Waals surface area contributed by atoms with Crippen LogP contribution < -0.4 is 9.47 Å². The summed E-state index contributed by atoms with van der Waals surface area (Å²) in [7, 11) is -0.587. The van der Waals surface area contributed by atoms with Gasteiger partial charge in [0, 0.05) is 6.07 Å². The van der Waals surface area contributed by atoms with Gasteiger partial charge < -0.3 is 9.47 Å². The van der Waals surface area contributed by atoms with Crippen LogP contribution in [-0.2, 0) is 15.6 Å². The number of benzene rings is 2. The van der Waals surface area contributed by atoms with E-state index in [0.717, 1.165) is 11.1 Å². The molecule has 0 spiro atoms. The molecule has 0 unspecified atom stereocenters. The molecule has 142 valence electrons. The van der Waals surface area contributed by atoms with Crippen molar-refractivity contribution in [1.82, 2.24) is 15.2 Å². The van der Waals surface area contributed by atoms with Crippen molar-refractivity contribution in [3.8, 4) is 22.9 Å². The van der Waals surface area contributed by atoms with Crippen molar-refractivity contribution in [3.63, 3.8) is 0 Å². The summed E-state index contributed by atoms with van der Waals surface area (Å²) in [5.74, 6) is 1.20. The van der Waals surface area contributed by atoms with Crippen LogP contribution in [0.15, 0.2) is 41.6 Å². The molecule has 27 heavy (non-hydrogen) atoms. The summed E-state index contributed by atoms with van der Waals surface area (Å²) in [5.41, 5.74) is 3.44. The SMILES string of the molecule is COc1ccc(-c2n[nH]c(S(=O)(=O)Cc3ccc(C)c(C)c3)n2)c(OC)c1. The van der Waals surface area contributed by atoms with Gasteiger partial charge >= 0.3 is 0 Å². The van der Waals surface area contributed by atoms with E-state index in [1.54, 1.807) is 25.3 Å². The second-order valence-corrected chi connectivity index (χ2v) is 8.11. The van der Waals surface area contributed by atoms with Crippen LogP contribution in [0, 0.1) is 13.8 Å². The third-order valence-electron chi connectivity index (χ3n) is 4.34. The van der Waals surface area contributed by atoms with Gasteiger partial charge in [0.05, 0.1) is 25.5 Å². The quantitative estimate of drug-likeness (QED) is 0.698. The van der Waals surface area contributed by atoms with Crippen LogP contribution in [0.5, 0.6) is 11.5 Å². The smallest absolute Gasteiger partial charge is 0.243 e. The van der Waals surface area contributed by atoms with Crippen molar-refractivity contribution in [1.29, 1.82) is 0 Å². The summed E-state index contributed by atoms with van der Waals surface area (Å²) >= 11 is 0. The first-order chi connectivity index (χ1) is 12.8. The monoisotopic (exact) mass is 387 g/mol. The van der Waals surface area contributed by atoms with Crippen LogP contribution in [-0.4, -0.2) is 37.8 Å². The molecule has 0 bridgehead atoms. The van der Waals surface area contributed by atoms with Gasteiger partial charge in [-0.05, 0) is 42.7 Å². The van der Waals surface area contributed by atoms with Crippen LogP contribution >= 0.6 is 0 Å². The lowest BCUT2D eigenvalue weighted by Gasteiger charge is -2.07. The maximum atomic E-state index is 12.7. The van der Waals surface area contributed by atoms with Crippen molar-refractivity contribution in [2.24, 2.45) is 0 Å². The second kappa shape index (κ2) is 7.40. The molecule has 0 aliphatic heterocycles. The minimum absolute atomic E-state index is 0.150. The molecule has 1 heterocycles. The zero-order valence-electron chi connectivity index (χ0n) is 15.6. The Morgan fingerprint density at radius 2 is 1.78 bits per heavy atom. The Morgan fingerprint density at radius 3 is 2.44 bits per heavy atom. The molecule has 0 aliphatic carbocycles. The number of methoxy groups -OCH3 is 2. The molecule has 0 aliphatic rings. The van der Waals surface area contributed by atoms with Crippen molar-refractivity contribution in [3.05, 3.63) is 53.1 Å². The summed E-state index contributed by atoms with van der Waals surface area (Å²) in [5, 5.41) is 6.42. The lowest BCUT2D eigenvalue weighted by molar-refractivity contribution is 0.395. The minimum Gasteiger partial charge on any atom is -0.497 e. The zero-order valence-corrected chi connectivity index (χ0v) is 16.4. The molecule has 0 atom stereocenters. The first-order valence-corrected chi connectivity index (χ1v) is 9.93. The molecule has 0 saturated carbocycles. The topological polar surface area (TPSA) is 94.2 Å². The number of ether oxygens (including phenoxy) is 2. The van der Waals surface area contributed by atoms with Crippen molar-refractivity contribution >= 4 is 9.84 Å². The number of hydrogen-bond donors (Lipinski definition) is 1. The summed E-state index contributed by atoms with van der Waals surface area (Å²) in [4.78, 5) is 4.18. The number of hydrogen-bond acceptors (Lipinski definition) is 6. The number of aromatic nitrogens is 3. The highest BCUT2D eigenvalue weighted by molar-refractivity contribution is 7.90. The number of nitrogens with zero attached hydrogens (tertiary/aromatic N) is 2. The highest BCUT2D eigenvalue weighted by atomic mass is 32.2. The number of aryl methyl sites for hydroxylation is 2. The Balaban J connectivity index is 1.91. The third kappa shape index (κ3) is 3.95. The molecule has 7 nitrogen and oxygen atoms in total. The van der Waals surface area contributed by atoms with E-state index in [-0.39, 0.29) is 16.7 Å². The Hall–Kier alpha value is -2.87. The van der Waals surface area contributed by atoms with E-state index < -0.39 is 9.84 Å². The van der Waals surface area contributed by atoms with Gasteiger partial charge in [0.15, 0.2) is 5.82 Å². The minimum atomic E-state index is -3.66. The Kier molecular flexibility index (Phi) is 5.18. The average molecular weight is 387 g/mol. The molecule has 0 radical (unpaired) electrons. The van der Waals surface area contributed by atoms with Gasteiger partial charge in [-0.25, -0.2) is 13.5 Å². The lowest BCUT2D eigenvalue weighted by Crippen LogP contribution is -2.07. The van der Waals surface area contributed by atoms with Gasteiger partial charge in [-0.3, -0.25) is 0 Å². The van der Waals surface area contributed by atoms with Gasteiger partial charge in [0.25, 0.3) is 0 Å². The van der Waals surface area contributed by atoms with Gasteiger partial charge in [0.2, 0.25) is 15.0 Å². The maximum Gasteiger partial charge on any atom is 0.243 e. The van der Waals surface area contributed by atoms with Gasteiger partial charge in [-0.2, -0.15) is 10.1 Å². The Bertz CT molecular complexity index is 1070. The predicted molar refractivity (Wildman–Crippen MR) is 102 cm³/mol. The Morgan fingerprint density at radius 1 is 1.00 bits per heavy atom. The summed E-state index contributed by atoms with van der Waals surface area (Å²) in [6.45, 7) is 3.94. The van der Waals surface area contributed by atoms with Crippen LogP contribution in [0.4, 0.5) is 0 Å². The van der Waals surface area contributed by atoms with Crippen LogP contribution in [0.3, 0.4) is 0 Å². The molecule has 1 aromatic heterocycles. The van der Waals surface area contributed by atoms with E-state index in [4.69, 9.17) is 9.47 Å². The number of H-pyrrole nitrogens is 1. The van der Waals surface area contributed by atoms with E-state index in [1.807, 2.05) is 32.0 Å². The molecule has 8 heteroatoms. The average Bonchev–Trinajstić information content (AvgIpc) is 3.15. The Labute approximate surface area is 158 Å². The second-order valence-electron chi connectivity index (χ2n) is 6.21. The first kappa shape index (κ1) is 18.9. The van der Waals surface area contributed by atoms with E-state index in [9.17, 15) is 8.42 Å². The summed E-state index contributed by atoms with van der Waals surface area (Å²) in [6, 6.07) is 10.7. The van der Waals surface area contributed by atoms with Crippen LogP contribution in [0.2, 0.25) is 0 Å². The summed E-state index contributed by atoms with van der Waals surface area (Å²) in [6.07, 6.45) is 0. The van der Waals surface area contributed by atoms with E-state index in [1.165, 1.54) is 7.11 Å². The standard InChI is InChI=1S/C19H21N3O4S/c1-12-5-6-14(9-13(12)2)11-27(23,24)19-20-18(21-22-19)16-8-7-15(25-3)10-17(16)26-4/h5-10H,11H2,1-4H3,(H,20,21,22).